The van der Waals surface area contributed by atoms with Gasteiger partial charge in [-0.25, -0.2) is 4.79 Å². The Kier molecular flexibility index (Phi) is 5.29. The third kappa shape index (κ3) is 3.80. The van der Waals surface area contributed by atoms with Crippen molar-refractivity contribution in [2.45, 2.75) is 27.3 Å². The highest BCUT2D eigenvalue weighted by Crippen LogP contribution is 2.30. The quantitative estimate of drug-likeness (QED) is 0.367. The zero-order valence-electron chi connectivity index (χ0n) is 15.8. The molecule has 0 fully saturated rings. The van der Waals surface area contributed by atoms with Crippen LogP contribution in [0, 0.1) is 20.8 Å². The summed E-state index contributed by atoms with van der Waals surface area (Å²) in [7, 11) is 0. The van der Waals surface area contributed by atoms with Crippen LogP contribution in [0.1, 0.15) is 27.8 Å². The number of carbonyl (C=O) groups is 2. The lowest BCUT2D eigenvalue weighted by Crippen LogP contribution is -2.09. The molecule has 0 saturated heterocycles. The third-order valence-electron chi connectivity index (χ3n) is 4.77. The summed E-state index contributed by atoms with van der Waals surface area (Å²) >= 11 is 6.12. The molecule has 1 heterocycles. The number of ketones is 1. The fraction of sp³-hybridized carbons (Fsp3) is 0.182. The minimum atomic E-state index is -1.63. The Morgan fingerprint density at radius 3 is 2.32 bits per heavy atom. The van der Waals surface area contributed by atoms with Gasteiger partial charge >= 0.3 is 5.97 Å². The minimum Gasteiger partial charge on any atom is -0.507 e. The maximum atomic E-state index is 11.5. The maximum Gasteiger partial charge on any atom is 0.376 e. The van der Waals surface area contributed by atoms with Crippen LogP contribution < -0.4 is 0 Å². The highest BCUT2D eigenvalue weighted by Gasteiger charge is 2.17. The lowest BCUT2D eigenvalue weighted by Gasteiger charge is -2.13. The first-order valence-corrected chi connectivity index (χ1v) is 9.08. The molecule has 0 bridgehead atoms. The van der Waals surface area contributed by atoms with E-state index in [0.29, 0.717) is 28.6 Å². The monoisotopic (exact) mass is 397 g/mol. The van der Waals surface area contributed by atoms with Crippen molar-refractivity contribution in [1.82, 2.24) is 4.57 Å². The summed E-state index contributed by atoms with van der Waals surface area (Å²) < 4.78 is 1.96. The highest BCUT2D eigenvalue weighted by molar-refractivity contribution is 6.38. The van der Waals surface area contributed by atoms with E-state index in [2.05, 4.69) is 32.9 Å². The molecule has 0 unspecified atom stereocenters. The number of aryl methyl sites for hydroxylation is 3. The summed E-state index contributed by atoms with van der Waals surface area (Å²) in [6, 6.07) is 9.52. The number of aliphatic hydroxyl groups excluding tert-OH is 1. The SMILES string of the molecule is Cc1cc(C)c(Cn2cc(/C(O)=C\C(=O)C(=O)O)c3cc(Cl)ccc32)c(C)c1. The number of nitrogens with zero attached hydrogens (tertiary/aromatic N) is 1. The molecule has 2 N–H and O–H groups in total. The molecule has 0 spiro atoms. The molecule has 0 amide bonds. The maximum absolute atomic E-state index is 11.5. The van der Waals surface area contributed by atoms with E-state index in [0.717, 1.165) is 22.2 Å². The van der Waals surface area contributed by atoms with Gasteiger partial charge in [-0.2, -0.15) is 0 Å². The summed E-state index contributed by atoms with van der Waals surface area (Å²) in [5.74, 6) is -3.22. The standard InChI is InChI=1S/C22H20ClNO4/c1-12-6-13(2)17(14(3)7-12)10-24-11-18(20(25)9-21(26)22(27)28)16-8-15(23)4-5-19(16)24/h4-9,11,25H,10H2,1-3H3,(H,27,28)/b20-9+. The molecule has 2 aromatic carbocycles. The predicted octanol–water partition coefficient (Wildman–Crippen LogP) is 4.82. The van der Waals surface area contributed by atoms with Crippen LogP contribution in [0.3, 0.4) is 0 Å². The molecular formula is C22H20ClNO4. The van der Waals surface area contributed by atoms with E-state index < -0.39 is 17.5 Å². The van der Waals surface area contributed by atoms with Crippen molar-refractivity contribution in [2.75, 3.05) is 0 Å². The Morgan fingerprint density at radius 1 is 1.07 bits per heavy atom. The minimum absolute atomic E-state index is 0.356. The lowest BCUT2D eigenvalue weighted by molar-refractivity contribution is -0.146. The molecule has 0 saturated carbocycles. The van der Waals surface area contributed by atoms with Crippen LogP contribution in [0.25, 0.3) is 16.7 Å². The Morgan fingerprint density at radius 2 is 1.71 bits per heavy atom. The van der Waals surface area contributed by atoms with Crippen molar-refractivity contribution in [3.8, 4) is 0 Å². The molecule has 0 aliphatic carbocycles. The molecular weight excluding hydrogens is 378 g/mol. The summed E-state index contributed by atoms with van der Waals surface area (Å²) in [5, 5.41) is 20.3. The predicted molar refractivity (Wildman–Crippen MR) is 110 cm³/mol. The molecule has 144 valence electrons. The van der Waals surface area contributed by atoms with Crippen molar-refractivity contribution in [3.63, 3.8) is 0 Å². The molecule has 28 heavy (non-hydrogen) atoms. The Bertz CT molecular complexity index is 1120. The van der Waals surface area contributed by atoms with Crippen LogP contribution >= 0.6 is 11.6 Å². The van der Waals surface area contributed by atoms with Gasteiger partial charge in [0.25, 0.3) is 5.78 Å². The van der Waals surface area contributed by atoms with Crippen molar-refractivity contribution in [2.24, 2.45) is 0 Å². The second kappa shape index (κ2) is 7.52. The number of carboxylic acid groups (broad SMARTS) is 1. The topological polar surface area (TPSA) is 79.5 Å². The molecule has 6 heteroatoms. The summed E-state index contributed by atoms with van der Waals surface area (Å²) in [4.78, 5) is 22.3. The molecule has 5 nitrogen and oxygen atoms in total. The summed E-state index contributed by atoms with van der Waals surface area (Å²) in [6.45, 7) is 6.73. The van der Waals surface area contributed by atoms with Crippen LogP contribution in [0.4, 0.5) is 0 Å². The van der Waals surface area contributed by atoms with Crippen molar-refractivity contribution >= 4 is 40.0 Å². The fourth-order valence-corrected chi connectivity index (χ4v) is 3.67. The molecule has 0 aliphatic rings. The van der Waals surface area contributed by atoms with Crippen LogP contribution in [0.2, 0.25) is 5.02 Å². The molecule has 0 atom stereocenters. The fourth-order valence-electron chi connectivity index (χ4n) is 3.50. The van der Waals surface area contributed by atoms with Gasteiger partial charge in [0.2, 0.25) is 0 Å². The first kappa shape index (κ1) is 19.7. The van der Waals surface area contributed by atoms with Gasteiger partial charge in [-0.15, -0.1) is 0 Å². The van der Waals surface area contributed by atoms with E-state index in [-0.39, 0.29) is 0 Å². The van der Waals surface area contributed by atoms with Crippen molar-refractivity contribution in [1.29, 1.82) is 0 Å². The number of aliphatic carboxylic acids is 1. The molecule has 0 radical (unpaired) electrons. The average molecular weight is 398 g/mol. The average Bonchev–Trinajstić information content (AvgIpc) is 2.95. The zero-order chi connectivity index (χ0) is 20.6. The number of hydrogen-bond acceptors (Lipinski definition) is 3. The van der Waals surface area contributed by atoms with Gasteiger partial charge in [0.05, 0.1) is 0 Å². The number of carbonyl (C=O) groups excluding carboxylic acids is 1. The van der Waals surface area contributed by atoms with E-state index in [1.54, 1.807) is 18.3 Å². The van der Waals surface area contributed by atoms with Gasteiger partial charge < -0.3 is 14.8 Å². The van der Waals surface area contributed by atoms with Crippen molar-refractivity contribution < 1.29 is 19.8 Å². The van der Waals surface area contributed by atoms with Crippen molar-refractivity contribution in [3.05, 3.63) is 75.4 Å². The number of benzene rings is 2. The Labute approximate surface area is 167 Å². The van der Waals surface area contributed by atoms with Gasteiger partial charge in [0.15, 0.2) is 0 Å². The molecule has 0 aliphatic heterocycles. The number of hydrogen-bond donors (Lipinski definition) is 2. The van der Waals surface area contributed by atoms with Gasteiger partial charge in [0, 0.05) is 40.3 Å². The van der Waals surface area contributed by atoms with E-state index in [4.69, 9.17) is 16.7 Å². The van der Waals surface area contributed by atoms with E-state index in [9.17, 15) is 14.7 Å². The summed E-state index contributed by atoms with van der Waals surface area (Å²) in [6.07, 6.45) is 2.42. The van der Waals surface area contributed by atoms with Gasteiger partial charge in [0.1, 0.15) is 5.76 Å². The highest BCUT2D eigenvalue weighted by atomic mass is 35.5. The number of halogens is 1. The molecule has 3 rings (SSSR count). The van der Waals surface area contributed by atoms with Crippen LogP contribution in [-0.4, -0.2) is 26.5 Å². The largest absolute Gasteiger partial charge is 0.507 e. The van der Waals surface area contributed by atoms with Crippen LogP contribution in [0.5, 0.6) is 0 Å². The zero-order valence-corrected chi connectivity index (χ0v) is 16.5. The number of rotatable bonds is 5. The molecule has 1 aromatic heterocycles. The number of aromatic nitrogens is 1. The second-order valence-corrected chi connectivity index (χ2v) is 7.34. The number of aliphatic hydroxyl groups is 1. The van der Waals surface area contributed by atoms with Crippen LogP contribution in [0.15, 0.2) is 42.6 Å². The number of carboxylic acids is 1. The van der Waals surface area contributed by atoms with Gasteiger partial charge in [-0.1, -0.05) is 29.3 Å². The van der Waals surface area contributed by atoms with Gasteiger partial charge in [-0.3, -0.25) is 4.79 Å². The Hall–Kier alpha value is -3.05. The smallest absolute Gasteiger partial charge is 0.376 e. The van der Waals surface area contributed by atoms with Crippen LogP contribution in [-0.2, 0) is 16.1 Å². The first-order chi connectivity index (χ1) is 13.2. The van der Waals surface area contributed by atoms with E-state index in [1.807, 2.05) is 10.6 Å². The first-order valence-electron chi connectivity index (χ1n) is 8.70. The van der Waals surface area contributed by atoms with E-state index in [1.165, 1.54) is 5.56 Å². The summed E-state index contributed by atoms with van der Waals surface area (Å²) in [5.41, 5.74) is 5.85. The third-order valence-corrected chi connectivity index (χ3v) is 5.00. The van der Waals surface area contributed by atoms with Gasteiger partial charge in [-0.05, 0) is 55.7 Å². The van der Waals surface area contributed by atoms with E-state index >= 15 is 0 Å². The number of fused-ring (bicyclic) bond motifs is 1. The molecule has 3 aromatic rings. The lowest BCUT2D eigenvalue weighted by atomic mass is 10.00. The second-order valence-electron chi connectivity index (χ2n) is 6.91. The Balaban J connectivity index is 2.15. The normalized spacial score (nSPS) is 11.8.